The summed E-state index contributed by atoms with van der Waals surface area (Å²) in [6, 6.07) is 14.0. The molecule has 7 nitrogen and oxygen atoms in total. The molecule has 1 aliphatic rings. The summed E-state index contributed by atoms with van der Waals surface area (Å²) in [4.78, 5) is 34.1. The van der Waals surface area contributed by atoms with Crippen LogP contribution in [0, 0.1) is 13.8 Å². The van der Waals surface area contributed by atoms with Crippen molar-refractivity contribution in [2.45, 2.75) is 25.5 Å². The molecule has 3 aromatic rings. The van der Waals surface area contributed by atoms with Crippen molar-refractivity contribution in [3.05, 3.63) is 66.2 Å². The van der Waals surface area contributed by atoms with E-state index in [4.69, 9.17) is 4.98 Å². The highest BCUT2D eigenvalue weighted by atomic mass is 32.2. The smallest absolute Gasteiger partial charge is 0.238 e. The fourth-order valence-electron chi connectivity index (χ4n) is 4.24. The number of nitrogens with zero attached hydrogens (tertiary/aromatic N) is 4. The molecule has 1 aliphatic heterocycles. The number of rotatable bonds is 8. The van der Waals surface area contributed by atoms with E-state index in [0.717, 1.165) is 33.0 Å². The van der Waals surface area contributed by atoms with Gasteiger partial charge >= 0.3 is 0 Å². The summed E-state index contributed by atoms with van der Waals surface area (Å²) in [5.41, 5.74) is 4.98. The zero-order valence-electron chi connectivity index (χ0n) is 19.8. The van der Waals surface area contributed by atoms with Crippen LogP contribution in [0.3, 0.4) is 0 Å². The third-order valence-electron chi connectivity index (χ3n) is 6.09. The van der Waals surface area contributed by atoms with Crippen LogP contribution in [0.1, 0.15) is 11.1 Å². The Kier molecular flexibility index (Phi) is 7.70. The Morgan fingerprint density at radius 3 is 2.47 bits per heavy atom. The van der Waals surface area contributed by atoms with Crippen LogP contribution in [0.15, 0.2) is 60.3 Å². The van der Waals surface area contributed by atoms with Crippen LogP contribution in [0.25, 0.3) is 11.0 Å². The van der Waals surface area contributed by atoms with Crippen molar-refractivity contribution in [2.75, 3.05) is 43.8 Å². The summed E-state index contributed by atoms with van der Waals surface area (Å²) in [6.07, 6.45) is 1.84. The number of hydrogen-bond donors (Lipinski definition) is 1. The Balaban J connectivity index is 1.27. The Morgan fingerprint density at radius 1 is 1.06 bits per heavy atom. The van der Waals surface area contributed by atoms with Crippen LogP contribution < -0.4 is 5.32 Å². The molecule has 34 heavy (non-hydrogen) atoms. The number of para-hydroxylation sites is 3. The fraction of sp³-hybridized carbons (Fsp3) is 0.346. The number of aromatic nitrogens is 2. The van der Waals surface area contributed by atoms with Crippen molar-refractivity contribution in [2.24, 2.45) is 0 Å². The molecule has 0 atom stereocenters. The number of piperazine rings is 1. The molecule has 0 bridgehead atoms. The number of benzene rings is 2. The lowest BCUT2D eigenvalue weighted by Gasteiger charge is -2.34. The summed E-state index contributed by atoms with van der Waals surface area (Å²) in [5, 5.41) is 3.87. The van der Waals surface area contributed by atoms with Gasteiger partial charge in [0.15, 0.2) is 5.16 Å². The van der Waals surface area contributed by atoms with E-state index in [2.05, 4.69) is 21.4 Å². The summed E-state index contributed by atoms with van der Waals surface area (Å²) in [6.45, 7) is 11.4. The third kappa shape index (κ3) is 5.51. The standard InChI is InChI=1S/C26H31N5O2S/c1-4-12-31-22-11-6-5-10-21(22)27-26(31)34-18-24(33)30-15-13-29(14-16-30)17-23(32)28-25-19(2)8-7-9-20(25)3/h4-11H,1,12-18H2,2-3H3,(H,28,32). The normalized spacial score (nSPS) is 14.4. The number of carbonyl (C=O) groups is 2. The van der Waals surface area contributed by atoms with Gasteiger partial charge in [-0.2, -0.15) is 0 Å². The number of nitrogens with one attached hydrogen (secondary N) is 1. The first-order valence-corrected chi connectivity index (χ1v) is 12.5. The molecule has 0 aliphatic carbocycles. The summed E-state index contributed by atoms with van der Waals surface area (Å²) < 4.78 is 2.09. The number of allylic oxidation sites excluding steroid dienone is 1. The summed E-state index contributed by atoms with van der Waals surface area (Å²) >= 11 is 1.46. The fourth-order valence-corrected chi connectivity index (χ4v) is 5.16. The molecule has 8 heteroatoms. The quantitative estimate of drug-likeness (QED) is 0.396. The predicted molar refractivity (Wildman–Crippen MR) is 138 cm³/mol. The average molecular weight is 478 g/mol. The van der Waals surface area contributed by atoms with Crippen LogP contribution in [0.4, 0.5) is 5.69 Å². The highest BCUT2D eigenvalue weighted by molar-refractivity contribution is 7.99. The van der Waals surface area contributed by atoms with Gasteiger partial charge in [0.25, 0.3) is 0 Å². The molecule has 178 valence electrons. The number of thioether (sulfide) groups is 1. The molecule has 1 aromatic heterocycles. The first kappa shape index (κ1) is 24.0. The first-order valence-electron chi connectivity index (χ1n) is 11.5. The van der Waals surface area contributed by atoms with Gasteiger partial charge in [-0.15, -0.1) is 6.58 Å². The predicted octanol–water partition coefficient (Wildman–Crippen LogP) is 3.71. The maximum atomic E-state index is 12.9. The lowest BCUT2D eigenvalue weighted by Crippen LogP contribution is -2.51. The largest absolute Gasteiger partial charge is 0.339 e. The number of amides is 2. The number of anilines is 1. The second-order valence-electron chi connectivity index (χ2n) is 8.54. The van der Waals surface area contributed by atoms with Crippen molar-refractivity contribution in [3.8, 4) is 0 Å². The number of imidazole rings is 1. The first-order chi connectivity index (χ1) is 16.5. The molecule has 2 aromatic carbocycles. The van der Waals surface area contributed by atoms with Gasteiger partial charge in [-0.1, -0.05) is 48.2 Å². The van der Waals surface area contributed by atoms with E-state index < -0.39 is 0 Å². The second kappa shape index (κ2) is 10.9. The van der Waals surface area contributed by atoms with Gasteiger partial charge in [0.1, 0.15) is 0 Å². The lowest BCUT2D eigenvalue weighted by molar-refractivity contribution is -0.130. The van der Waals surface area contributed by atoms with Crippen molar-refractivity contribution in [3.63, 3.8) is 0 Å². The van der Waals surface area contributed by atoms with Crippen molar-refractivity contribution in [1.82, 2.24) is 19.4 Å². The molecular formula is C26H31N5O2S. The van der Waals surface area contributed by atoms with E-state index in [1.54, 1.807) is 0 Å². The maximum absolute atomic E-state index is 12.9. The van der Waals surface area contributed by atoms with Crippen molar-refractivity contribution >= 4 is 40.3 Å². The molecule has 2 amide bonds. The van der Waals surface area contributed by atoms with Gasteiger partial charge in [-0.3, -0.25) is 14.5 Å². The number of hydrogen-bond acceptors (Lipinski definition) is 5. The zero-order valence-corrected chi connectivity index (χ0v) is 20.6. The topological polar surface area (TPSA) is 70.5 Å². The van der Waals surface area contributed by atoms with E-state index >= 15 is 0 Å². The molecule has 4 rings (SSSR count). The molecule has 1 saturated heterocycles. The number of fused-ring (bicyclic) bond motifs is 1. The lowest BCUT2D eigenvalue weighted by atomic mass is 10.1. The Hall–Kier alpha value is -3.10. The Bertz CT molecular complexity index is 1180. The minimum atomic E-state index is -0.0196. The second-order valence-corrected chi connectivity index (χ2v) is 9.49. The maximum Gasteiger partial charge on any atom is 0.238 e. The van der Waals surface area contributed by atoms with Crippen LogP contribution in [0.5, 0.6) is 0 Å². The Morgan fingerprint density at radius 2 is 1.76 bits per heavy atom. The van der Waals surface area contributed by atoms with Gasteiger partial charge in [-0.25, -0.2) is 4.98 Å². The van der Waals surface area contributed by atoms with Crippen LogP contribution in [-0.4, -0.2) is 69.6 Å². The van der Waals surface area contributed by atoms with Gasteiger partial charge < -0.3 is 14.8 Å². The van der Waals surface area contributed by atoms with Crippen LogP contribution in [0.2, 0.25) is 0 Å². The minimum Gasteiger partial charge on any atom is -0.339 e. The molecule has 0 radical (unpaired) electrons. The molecule has 1 fully saturated rings. The molecule has 1 N–H and O–H groups in total. The SMILES string of the molecule is C=CCn1c(SCC(=O)N2CCN(CC(=O)Nc3c(C)cccc3C)CC2)nc2ccccc21. The molecule has 2 heterocycles. The minimum absolute atomic E-state index is 0.0196. The summed E-state index contributed by atoms with van der Waals surface area (Å²) in [7, 11) is 0. The number of carbonyl (C=O) groups excluding carboxylic acids is 2. The van der Waals surface area contributed by atoms with E-state index in [-0.39, 0.29) is 11.8 Å². The van der Waals surface area contributed by atoms with Crippen molar-refractivity contribution < 1.29 is 9.59 Å². The molecular weight excluding hydrogens is 446 g/mol. The molecule has 0 unspecified atom stereocenters. The number of aryl methyl sites for hydroxylation is 2. The van der Waals surface area contributed by atoms with Gasteiger partial charge in [0.2, 0.25) is 11.8 Å². The van der Waals surface area contributed by atoms with Crippen LogP contribution in [-0.2, 0) is 16.1 Å². The third-order valence-corrected chi connectivity index (χ3v) is 7.05. The van der Waals surface area contributed by atoms with E-state index in [0.29, 0.717) is 45.0 Å². The van der Waals surface area contributed by atoms with Crippen LogP contribution >= 0.6 is 11.8 Å². The van der Waals surface area contributed by atoms with E-state index in [9.17, 15) is 9.59 Å². The van der Waals surface area contributed by atoms with Crippen molar-refractivity contribution in [1.29, 1.82) is 0 Å². The van der Waals surface area contributed by atoms with Gasteiger partial charge in [0, 0.05) is 38.4 Å². The van der Waals surface area contributed by atoms with E-state index in [1.807, 2.05) is 67.3 Å². The van der Waals surface area contributed by atoms with Gasteiger partial charge in [0.05, 0.1) is 23.3 Å². The highest BCUT2D eigenvalue weighted by Gasteiger charge is 2.23. The highest BCUT2D eigenvalue weighted by Crippen LogP contribution is 2.25. The molecule has 0 saturated carbocycles. The molecule has 0 spiro atoms. The Labute approximate surface area is 204 Å². The van der Waals surface area contributed by atoms with Gasteiger partial charge in [-0.05, 0) is 37.1 Å². The summed E-state index contributed by atoms with van der Waals surface area (Å²) in [5.74, 6) is 0.420. The average Bonchev–Trinajstić information content (AvgIpc) is 3.18. The van der Waals surface area contributed by atoms with E-state index in [1.165, 1.54) is 11.8 Å². The zero-order chi connectivity index (χ0) is 24.1. The monoisotopic (exact) mass is 477 g/mol.